The predicted octanol–water partition coefficient (Wildman–Crippen LogP) is 17.5. The summed E-state index contributed by atoms with van der Waals surface area (Å²) < 4.78 is 35.5. The lowest BCUT2D eigenvalue weighted by atomic mass is 9.79. The van der Waals surface area contributed by atoms with E-state index in [0.29, 0.717) is 17.0 Å². The van der Waals surface area contributed by atoms with Crippen LogP contribution in [-0.4, -0.2) is 19.6 Å². The van der Waals surface area contributed by atoms with Crippen LogP contribution in [0.15, 0.2) is 164 Å². The molecule has 1 N–H and O–H groups in total. The largest absolute Gasteiger partial charge is 0.507 e. The van der Waals surface area contributed by atoms with Crippen molar-refractivity contribution in [3.63, 3.8) is 0 Å². The average Bonchev–Trinajstić information content (AvgIpc) is 3.72. The minimum atomic E-state index is -2.18. The zero-order valence-corrected chi connectivity index (χ0v) is 41.4. The zero-order valence-electron chi connectivity index (χ0n) is 45.4. The SMILES string of the molecule is [2H]C([2H])([2H])c1ccc(-c2ccnc(-c3cc(-c4cccc5c4nc(-c4cc(C(C)(C)C)cc(C(C)(C)C)c4O)n5-c4cc(-c5ccccc5)c(C([2H])(C)C)cc4-c4ccccc4)cc(C(C)(C)C)c3)c2)cc1. The Morgan fingerprint density at radius 3 is 1.78 bits per heavy atom. The number of benzene rings is 7. The van der Waals surface area contributed by atoms with E-state index in [0.717, 1.165) is 94.7 Å². The maximum absolute atomic E-state index is 12.8. The molecule has 0 aliphatic carbocycles. The summed E-state index contributed by atoms with van der Waals surface area (Å²) in [6.45, 7) is 21.4. The van der Waals surface area contributed by atoms with E-state index >= 15 is 0 Å². The van der Waals surface area contributed by atoms with Gasteiger partial charge < -0.3 is 5.11 Å². The van der Waals surface area contributed by atoms with Crippen molar-refractivity contribution < 1.29 is 10.6 Å². The third kappa shape index (κ3) is 8.93. The Morgan fingerprint density at radius 2 is 1.16 bits per heavy atom. The van der Waals surface area contributed by atoms with E-state index in [1.165, 1.54) is 0 Å². The first-order chi connectivity index (χ1) is 33.8. The van der Waals surface area contributed by atoms with Gasteiger partial charge in [0.25, 0.3) is 0 Å². The number of phenolic OH excluding ortho intramolecular Hbond substituents is 1. The molecule has 68 heavy (non-hydrogen) atoms. The molecule has 4 heteroatoms. The average molecular weight is 896 g/mol. The maximum atomic E-state index is 12.8. The van der Waals surface area contributed by atoms with Crippen molar-refractivity contribution in [3.8, 4) is 78.6 Å². The first kappa shape index (κ1) is 41.2. The van der Waals surface area contributed by atoms with Crippen molar-refractivity contribution in [1.29, 1.82) is 0 Å². The third-order valence-corrected chi connectivity index (χ3v) is 13.2. The molecule has 0 atom stereocenters. The number of imidazole rings is 1. The summed E-state index contributed by atoms with van der Waals surface area (Å²) in [5.41, 5.74) is 15.8. The molecule has 0 radical (unpaired) electrons. The van der Waals surface area contributed by atoms with E-state index in [9.17, 15) is 6.48 Å². The van der Waals surface area contributed by atoms with Gasteiger partial charge in [-0.25, -0.2) is 4.98 Å². The van der Waals surface area contributed by atoms with Gasteiger partial charge in [-0.1, -0.05) is 191 Å². The fourth-order valence-electron chi connectivity index (χ4n) is 9.25. The van der Waals surface area contributed by atoms with E-state index in [-0.39, 0.29) is 16.6 Å². The smallest absolute Gasteiger partial charge is 0.149 e. The fraction of sp³-hybridized carbons (Fsp3) is 0.250. The number of pyridine rings is 1. The van der Waals surface area contributed by atoms with Gasteiger partial charge in [-0.15, -0.1) is 0 Å². The molecule has 7 aromatic carbocycles. The van der Waals surface area contributed by atoms with Gasteiger partial charge in [0, 0.05) is 33.9 Å². The minimum absolute atomic E-state index is 0.193. The number of rotatable bonds is 8. The summed E-state index contributed by atoms with van der Waals surface area (Å²) in [7, 11) is 0. The Bertz CT molecular complexity index is 3470. The van der Waals surface area contributed by atoms with Gasteiger partial charge in [-0.05, 0) is 128 Å². The van der Waals surface area contributed by atoms with E-state index < -0.39 is 18.2 Å². The number of para-hydroxylation sites is 1. The first-order valence-corrected chi connectivity index (χ1v) is 23.7. The molecule has 0 saturated carbocycles. The second-order valence-corrected chi connectivity index (χ2v) is 21.6. The van der Waals surface area contributed by atoms with Crippen molar-refractivity contribution in [2.45, 2.75) is 105 Å². The summed E-state index contributed by atoms with van der Waals surface area (Å²) in [5, 5.41) is 12.8. The summed E-state index contributed by atoms with van der Waals surface area (Å²) in [4.78, 5) is 10.7. The van der Waals surface area contributed by atoms with Crippen molar-refractivity contribution in [1.82, 2.24) is 14.5 Å². The number of nitrogens with zero attached hydrogens (tertiary/aromatic N) is 3. The number of hydrogen-bond donors (Lipinski definition) is 1. The quantitative estimate of drug-likeness (QED) is 0.165. The molecule has 2 aromatic heterocycles. The van der Waals surface area contributed by atoms with E-state index in [2.05, 4.69) is 170 Å². The molecular weight excluding hydrogens is 827 g/mol. The molecule has 0 unspecified atom stereocenters. The Balaban J connectivity index is 1.38. The van der Waals surface area contributed by atoms with Gasteiger partial charge in [0.2, 0.25) is 0 Å². The molecular formula is C64H65N3O. The highest BCUT2D eigenvalue weighted by Gasteiger charge is 2.30. The number of aromatic nitrogens is 3. The van der Waals surface area contributed by atoms with Crippen molar-refractivity contribution in [2.75, 3.05) is 0 Å². The summed E-state index contributed by atoms with van der Waals surface area (Å²) in [6, 6.07) is 53.5. The van der Waals surface area contributed by atoms with Gasteiger partial charge in [0.05, 0.1) is 28.0 Å². The molecule has 4 nitrogen and oxygen atoms in total. The normalized spacial score (nSPS) is 13.5. The van der Waals surface area contributed by atoms with Crippen LogP contribution < -0.4 is 0 Å². The number of fused-ring (bicyclic) bond motifs is 1. The Kier molecular flexibility index (Phi) is 10.6. The molecule has 9 aromatic rings. The lowest BCUT2D eigenvalue weighted by molar-refractivity contribution is 0.446. The maximum Gasteiger partial charge on any atom is 0.149 e. The molecule has 0 bridgehead atoms. The molecule has 0 amide bonds. The van der Waals surface area contributed by atoms with Gasteiger partial charge in [-0.2, -0.15) is 0 Å². The molecule has 342 valence electrons. The van der Waals surface area contributed by atoms with Gasteiger partial charge in [0.1, 0.15) is 11.6 Å². The van der Waals surface area contributed by atoms with Crippen LogP contribution >= 0.6 is 0 Å². The van der Waals surface area contributed by atoms with Crippen molar-refractivity contribution in [2.24, 2.45) is 0 Å². The fourth-order valence-corrected chi connectivity index (χ4v) is 9.25. The number of aryl methyl sites for hydroxylation is 1. The molecule has 9 rings (SSSR count). The highest BCUT2D eigenvalue weighted by Crippen LogP contribution is 2.47. The first-order valence-electron chi connectivity index (χ1n) is 25.7. The van der Waals surface area contributed by atoms with Crippen LogP contribution in [0.1, 0.15) is 115 Å². The molecule has 0 saturated heterocycles. The van der Waals surface area contributed by atoms with Crippen LogP contribution in [0.4, 0.5) is 0 Å². The summed E-state index contributed by atoms with van der Waals surface area (Å²) >= 11 is 0. The Morgan fingerprint density at radius 1 is 0.529 bits per heavy atom. The van der Waals surface area contributed by atoms with Gasteiger partial charge in [-0.3, -0.25) is 9.55 Å². The van der Waals surface area contributed by atoms with Gasteiger partial charge >= 0.3 is 0 Å². The standard InChI is InChI=1S/C64H65N3O/c1-40(2)51-38-53(44-22-17-14-18-23-44)58(39-52(51)43-20-15-13-16-21-43)67-57-25-19-24-50(59(57)66-61(67)54-36-49(63(7,8)9)37-55(60(54)68)64(10,11)12)46-32-47(34-48(33-46)62(4,5)6)56-35-45(30-31-65-56)42-28-26-41(3)27-29-42/h13-40,68H,1-12H3/i3D3,40D. The van der Waals surface area contributed by atoms with Crippen LogP contribution in [-0.2, 0) is 16.2 Å². The number of hydrogen-bond acceptors (Lipinski definition) is 3. The molecule has 2 heterocycles. The topological polar surface area (TPSA) is 50.9 Å². The highest BCUT2D eigenvalue weighted by molar-refractivity contribution is 5.98. The van der Waals surface area contributed by atoms with Gasteiger partial charge in [0.15, 0.2) is 0 Å². The highest BCUT2D eigenvalue weighted by atomic mass is 16.3. The van der Waals surface area contributed by atoms with Crippen LogP contribution in [0.5, 0.6) is 5.75 Å². The second kappa shape index (κ2) is 17.6. The van der Waals surface area contributed by atoms with Crippen molar-refractivity contribution >= 4 is 11.0 Å². The zero-order chi connectivity index (χ0) is 51.7. The Hall–Kier alpha value is -7.04. The Labute approximate surface area is 410 Å². The van der Waals surface area contributed by atoms with Crippen molar-refractivity contribution in [3.05, 3.63) is 192 Å². The predicted molar refractivity (Wildman–Crippen MR) is 288 cm³/mol. The lowest BCUT2D eigenvalue weighted by Crippen LogP contribution is -2.17. The number of aromatic hydroxyl groups is 1. The molecule has 0 spiro atoms. The van der Waals surface area contributed by atoms with E-state index in [1.54, 1.807) is 12.1 Å². The number of phenols is 1. The summed E-state index contributed by atoms with van der Waals surface area (Å²) in [5.74, 6) is -0.153. The van der Waals surface area contributed by atoms with Crippen LogP contribution in [0.2, 0.25) is 0 Å². The van der Waals surface area contributed by atoms with Crippen LogP contribution in [0.3, 0.4) is 0 Å². The van der Waals surface area contributed by atoms with Crippen LogP contribution in [0, 0.1) is 6.85 Å². The molecule has 0 aliphatic heterocycles. The van der Waals surface area contributed by atoms with E-state index in [1.807, 2.05) is 62.5 Å². The molecule has 0 aliphatic rings. The summed E-state index contributed by atoms with van der Waals surface area (Å²) in [6.07, 6.45) is 1.81. The lowest BCUT2D eigenvalue weighted by Gasteiger charge is -2.28. The minimum Gasteiger partial charge on any atom is -0.507 e. The third-order valence-electron chi connectivity index (χ3n) is 13.2. The van der Waals surface area contributed by atoms with Crippen LogP contribution in [0.25, 0.3) is 83.9 Å². The van der Waals surface area contributed by atoms with E-state index in [4.69, 9.17) is 14.1 Å². The monoisotopic (exact) mass is 896 g/mol. The second-order valence-electron chi connectivity index (χ2n) is 21.6. The molecule has 0 fully saturated rings.